The molecule has 3 N–H and O–H groups in total. The maximum absolute atomic E-state index is 12.5. The Morgan fingerprint density at radius 3 is 2.37 bits per heavy atom. The predicted molar refractivity (Wildman–Crippen MR) is 111 cm³/mol. The standard InChI is InChI=1S/C18H23N3O4S.ClH/c1-3-19-12-13-25-15-10-8-14(9-11-15)20-18(22)16-6-4-5-7-17(16)21-26(2,23)24;/h4-11,19,21H,3,12-13H2,1-2H3,(H,20,22);1H. The molecule has 0 aliphatic carbocycles. The summed E-state index contributed by atoms with van der Waals surface area (Å²) in [4.78, 5) is 12.5. The SMILES string of the molecule is CCNCCOc1ccc(NC(=O)c2ccccc2NS(C)(=O)=O)cc1.Cl. The van der Waals surface area contributed by atoms with Crippen LogP contribution in [-0.4, -0.2) is 40.3 Å². The Morgan fingerprint density at radius 2 is 1.74 bits per heavy atom. The van der Waals surface area contributed by atoms with E-state index in [1.54, 1.807) is 42.5 Å². The lowest BCUT2D eigenvalue weighted by Gasteiger charge is -2.11. The number of carbonyl (C=O) groups excluding carboxylic acids is 1. The summed E-state index contributed by atoms with van der Waals surface area (Å²) in [5, 5.41) is 5.91. The van der Waals surface area contributed by atoms with Crippen LogP contribution in [0.3, 0.4) is 0 Å². The molecule has 148 valence electrons. The molecule has 2 rings (SSSR count). The van der Waals surface area contributed by atoms with Crippen molar-refractivity contribution in [2.75, 3.05) is 36.0 Å². The van der Waals surface area contributed by atoms with Crippen molar-refractivity contribution in [2.45, 2.75) is 6.92 Å². The van der Waals surface area contributed by atoms with Gasteiger partial charge in [-0.15, -0.1) is 12.4 Å². The molecule has 0 heterocycles. The van der Waals surface area contributed by atoms with E-state index in [2.05, 4.69) is 15.4 Å². The molecule has 0 saturated carbocycles. The van der Waals surface area contributed by atoms with Crippen LogP contribution >= 0.6 is 12.4 Å². The maximum Gasteiger partial charge on any atom is 0.257 e. The predicted octanol–water partition coefficient (Wildman–Crippen LogP) is 2.72. The molecular weight excluding hydrogens is 390 g/mol. The molecule has 0 spiro atoms. The number of para-hydroxylation sites is 1. The highest BCUT2D eigenvalue weighted by atomic mass is 35.5. The fraction of sp³-hybridized carbons (Fsp3) is 0.278. The summed E-state index contributed by atoms with van der Waals surface area (Å²) in [6, 6.07) is 13.4. The molecule has 0 unspecified atom stereocenters. The normalized spacial score (nSPS) is 10.6. The summed E-state index contributed by atoms with van der Waals surface area (Å²) >= 11 is 0. The number of ether oxygens (including phenoxy) is 1. The van der Waals surface area contributed by atoms with Crippen molar-refractivity contribution >= 4 is 39.7 Å². The smallest absolute Gasteiger partial charge is 0.257 e. The van der Waals surface area contributed by atoms with Gasteiger partial charge in [-0.25, -0.2) is 8.42 Å². The fourth-order valence-electron chi connectivity index (χ4n) is 2.22. The Kier molecular flexibility index (Phi) is 9.07. The second kappa shape index (κ2) is 10.8. The van der Waals surface area contributed by atoms with E-state index in [-0.39, 0.29) is 23.7 Å². The summed E-state index contributed by atoms with van der Waals surface area (Å²) in [7, 11) is -3.48. The van der Waals surface area contributed by atoms with E-state index < -0.39 is 15.9 Å². The molecule has 0 aromatic heterocycles. The van der Waals surface area contributed by atoms with Crippen LogP contribution in [-0.2, 0) is 10.0 Å². The first-order valence-corrected chi connectivity index (χ1v) is 10.1. The quantitative estimate of drug-likeness (QED) is 0.549. The van der Waals surface area contributed by atoms with Crippen LogP contribution in [0.25, 0.3) is 0 Å². The minimum absolute atomic E-state index is 0. The zero-order valence-electron chi connectivity index (χ0n) is 15.2. The number of hydrogen-bond donors (Lipinski definition) is 3. The molecule has 0 aliphatic heterocycles. The monoisotopic (exact) mass is 413 g/mol. The number of carbonyl (C=O) groups is 1. The van der Waals surface area contributed by atoms with Crippen molar-refractivity contribution in [1.82, 2.24) is 5.32 Å². The number of sulfonamides is 1. The average molecular weight is 414 g/mol. The largest absolute Gasteiger partial charge is 0.492 e. The third-order valence-electron chi connectivity index (χ3n) is 3.38. The van der Waals surface area contributed by atoms with E-state index in [1.165, 1.54) is 6.07 Å². The third kappa shape index (κ3) is 7.86. The number of nitrogens with one attached hydrogen (secondary N) is 3. The number of likely N-dealkylation sites (N-methyl/N-ethyl adjacent to an activating group) is 1. The molecule has 27 heavy (non-hydrogen) atoms. The van der Waals surface area contributed by atoms with E-state index in [4.69, 9.17) is 4.74 Å². The first-order valence-electron chi connectivity index (χ1n) is 8.21. The van der Waals surface area contributed by atoms with E-state index in [0.29, 0.717) is 18.0 Å². The number of anilines is 2. The first-order chi connectivity index (χ1) is 12.4. The molecule has 0 atom stereocenters. The van der Waals surface area contributed by atoms with Crippen LogP contribution in [0, 0.1) is 0 Å². The van der Waals surface area contributed by atoms with Gasteiger partial charge >= 0.3 is 0 Å². The topological polar surface area (TPSA) is 96.5 Å². The molecule has 9 heteroatoms. The van der Waals surface area contributed by atoms with E-state index in [9.17, 15) is 13.2 Å². The Hall–Kier alpha value is -2.29. The molecule has 7 nitrogen and oxygen atoms in total. The molecule has 0 fully saturated rings. The van der Waals surface area contributed by atoms with Crippen molar-refractivity contribution in [3.8, 4) is 5.75 Å². The molecular formula is C18H24ClN3O4S. The van der Waals surface area contributed by atoms with Gasteiger partial charge in [0, 0.05) is 12.2 Å². The lowest BCUT2D eigenvalue weighted by molar-refractivity contribution is 0.102. The summed E-state index contributed by atoms with van der Waals surface area (Å²) in [5.41, 5.74) is 1.06. The minimum Gasteiger partial charge on any atom is -0.492 e. The van der Waals surface area contributed by atoms with Gasteiger partial charge in [0.25, 0.3) is 5.91 Å². The van der Waals surface area contributed by atoms with Crippen LogP contribution < -0.4 is 20.1 Å². The van der Waals surface area contributed by atoms with Gasteiger partial charge < -0.3 is 15.4 Å². The van der Waals surface area contributed by atoms with Gasteiger partial charge in [0.2, 0.25) is 10.0 Å². The van der Waals surface area contributed by atoms with Crippen molar-refractivity contribution < 1.29 is 17.9 Å². The molecule has 0 radical (unpaired) electrons. The van der Waals surface area contributed by atoms with Crippen molar-refractivity contribution in [2.24, 2.45) is 0 Å². The Balaban J connectivity index is 0.00000364. The van der Waals surface area contributed by atoms with Crippen molar-refractivity contribution in [1.29, 1.82) is 0 Å². The second-order valence-electron chi connectivity index (χ2n) is 5.60. The van der Waals surface area contributed by atoms with Crippen LogP contribution in [0.15, 0.2) is 48.5 Å². The molecule has 0 bridgehead atoms. The molecule has 0 aliphatic rings. The highest BCUT2D eigenvalue weighted by Crippen LogP contribution is 2.20. The number of halogens is 1. The number of amides is 1. The summed E-state index contributed by atoms with van der Waals surface area (Å²) in [6.07, 6.45) is 1.04. The van der Waals surface area contributed by atoms with Crippen molar-refractivity contribution in [3.05, 3.63) is 54.1 Å². The fourth-order valence-corrected chi connectivity index (χ4v) is 2.80. The Morgan fingerprint density at radius 1 is 1.07 bits per heavy atom. The number of hydrogen-bond acceptors (Lipinski definition) is 5. The average Bonchev–Trinajstić information content (AvgIpc) is 2.59. The third-order valence-corrected chi connectivity index (χ3v) is 3.97. The first kappa shape index (κ1) is 22.8. The zero-order chi connectivity index (χ0) is 19.0. The van der Waals surface area contributed by atoms with E-state index >= 15 is 0 Å². The zero-order valence-corrected chi connectivity index (χ0v) is 16.8. The summed E-state index contributed by atoms with van der Waals surface area (Å²) < 4.78 is 30.8. The summed E-state index contributed by atoms with van der Waals surface area (Å²) in [5.74, 6) is 0.303. The van der Waals surface area contributed by atoms with E-state index in [1.807, 2.05) is 6.92 Å². The van der Waals surface area contributed by atoms with Crippen molar-refractivity contribution in [3.63, 3.8) is 0 Å². The van der Waals surface area contributed by atoms with Gasteiger partial charge in [0.15, 0.2) is 0 Å². The summed E-state index contributed by atoms with van der Waals surface area (Å²) in [6.45, 7) is 4.24. The number of rotatable bonds is 9. The maximum atomic E-state index is 12.5. The van der Waals surface area contributed by atoms with Gasteiger partial charge in [-0.1, -0.05) is 19.1 Å². The van der Waals surface area contributed by atoms with Gasteiger partial charge in [-0.05, 0) is 42.9 Å². The lowest BCUT2D eigenvalue weighted by Crippen LogP contribution is -2.20. The van der Waals surface area contributed by atoms with Crippen LogP contribution in [0.5, 0.6) is 5.75 Å². The second-order valence-corrected chi connectivity index (χ2v) is 7.35. The van der Waals surface area contributed by atoms with Crippen LogP contribution in [0.1, 0.15) is 17.3 Å². The van der Waals surface area contributed by atoms with Gasteiger partial charge in [-0.2, -0.15) is 0 Å². The number of benzene rings is 2. The molecule has 2 aromatic carbocycles. The van der Waals surface area contributed by atoms with Gasteiger partial charge in [0.05, 0.1) is 17.5 Å². The molecule has 0 saturated heterocycles. The Labute approximate surface area is 166 Å². The van der Waals surface area contributed by atoms with Crippen LogP contribution in [0.2, 0.25) is 0 Å². The highest BCUT2D eigenvalue weighted by molar-refractivity contribution is 7.92. The Bertz CT molecular complexity index is 842. The lowest BCUT2D eigenvalue weighted by atomic mass is 10.1. The molecule has 1 amide bonds. The van der Waals surface area contributed by atoms with Crippen LogP contribution in [0.4, 0.5) is 11.4 Å². The highest BCUT2D eigenvalue weighted by Gasteiger charge is 2.13. The van der Waals surface area contributed by atoms with Gasteiger partial charge in [-0.3, -0.25) is 9.52 Å². The van der Waals surface area contributed by atoms with Gasteiger partial charge in [0.1, 0.15) is 12.4 Å². The minimum atomic E-state index is -3.48. The van der Waals surface area contributed by atoms with E-state index in [0.717, 1.165) is 19.3 Å². The molecule has 2 aromatic rings.